The Morgan fingerprint density at radius 2 is 1.62 bits per heavy atom. The number of hydrogen-bond donors (Lipinski definition) is 0. The molecule has 150 valence electrons. The number of amides is 1. The summed E-state index contributed by atoms with van der Waals surface area (Å²) in [5.74, 6) is 0.718. The summed E-state index contributed by atoms with van der Waals surface area (Å²) in [6.45, 7) is 3.45. The number of piperazine rings is 1. The van der Waals surface area contributed by atoms with E-state index in [4.69, 9.17) is 4.98 Å². The molecule has 3 aromatic rings. The van der Waals surface area contributed by atoms with Gasteiger partial charge in [-0.3, -0.25) is 4.79 Å². The SMILES string of the molecule is O=C(C1CCCCC1c1nc2ccccc2s1)N1CCN(c2ccccc2)CC1. The monoisotopic (exact) mass is 405 g/mol. The predicted molar refractivity (Wildman–Crippen MR) is 120 cm³/mol. The van der Waals surface area contributed by atoms with Gasteiger partial charge < -0.3 is 9.80 Å². The summed E-state index contributed by atoms with van der Waals surface area (Å²) in [4.78, 5) is 22.9. The maximum atomic E-state index is 13.5. The van der Waals surface area contributed by atoms with Crippen molar-refractivity contribution in [3.05, 3.63) is 59.6 Å². The van der Waals surface area contributed by atoms with Gasteiger partial charge in [-0.1, -0.05) is 43.2 Å². The number of anilines is 1. The summed E-state index contributed by atoms with van der Waals surface area (Å²) in [5.41, 5.74) is 2.32. The highest BCUT2D eigenvalue weighted by atomic mass is 32.1. The van der Waals surface area contributed by atoms with Gasteiger partial charge in [0.15, 0.2) is 0 Å². The van der Waals surface area contributed by atoms with Crippen molar-refractivity contribution in [2.75, 3.05) is 31.1 Å². The molecule has 1 aliphatic heterocycles. The van der Waals surface area contributed by atoms with E-state index in [0.29, 0.717) is 5.91 Å². The van der Waals surface area contributed by atoms with Crippen LogP contribution in [-0.2, 0) is 4.79 Å². The highest BCUT2D eigenvalue weighted by Gasteiger charge is 2.37. The number of nitrogens with zero attached hydrogens (tertiary/aromatic N) is 3. The molecule has 5 heteroatoms. The van der Waals surface area contributed by atoms with E-state index in [2.05, 4.69) is 58.3 Å². The summed E-state index contributed by atoms with van der Waals surface area (Å²) >= 11 is 1.78. The van der Waals surface area contributed by atoms with E-state index in [1.807, 2.05) is 6.07 Å². The van der Waals surface area contributed by atoms with Crippen molar-refractivity contribution < 1.29 is 4.79 Å². The van der Waals surface area contributed by atoms with E-state index in [1.54, 1.807) is 11.3 Å². The lowest BCUT2D eigenvalue weighted by Gasteiger charge is -2.39. The summed E-state index contributed by atoms with van der Waals surface area (Å²) < 4.78 is 1.23. The van der Waals surface area contributed by atoms with Gasteiger partial charge in [0.2, 0.25) is 5.91 Å². The number of para-hydroxylation sites is 2. The van der Waals surface area contributed by atoms with E-state index in [1.165, 1.54) is 16.8 Å². The first kappa shape index (κ1) is 18.6. The first-order valence-electron chi connectivity index (χ1n) is 10.7. The number of carbonyl (C=O) groups excluding carboxylic acids is 1. The number of rotatable bonds is 3. The number of hydrogen-bond acceptors (Lipinski definition) is 4. The Morgan fingerprint density at radius 1 is 0.897 bits per heavy atom. The van der Waals surface area contributed by atoms with E-state index in [0.717, 1.165) is 56.0 Å². The highest BCUT2D eigenvalue weighted by molar-refractivity contribution is 7.18. The first-order valence-corrected chi connectivity index (χ1v) is 11.6. The van der Waals surface area contributed by atoms with Crippen molar-refractivity contribution in [1.82, 2.24) is 9.88 Å². The Hall–Kier alpha value is -2.40. The van der Waals surface area contributed by atoms with Crippen molar-refractivity contribution in [1.29, 1.82) is 0 Å². The summed E-state index contributed by atoms with van der Waals surface area (Å²) in [5, 5.41) is 1.16. The van der Waals surface area contributed by atoms with Gasteiger partial charge in [-0.2, -0.15) is 0 Å². The molecular weight excluding hydrogens is 378 g/mol. The highest BCUT2D eigenvalue weighted by Crippen LogP contribution is 2.41. The van der Waals surface area contributed by atoms with Gasteiger partial charge >= 0.3 is 0 Å². The van der Waals surface area contributed by atoms with Crippen molar-refractivity contribution in [2.24, 2.45) is 5.92 Å². The molecule has 1 aromatic heterocycles. The summed E-state index contributed by atoms with van der Waals surface area (Å²) in [6.07, 6.45) is 4.44. The Morgan fingerprint density at radius 3 is 2.41 bits per heavy atom. The molecule has 0 N–H and O–H groups in total. The molecule has 2 unspecified atom stereocenters. The predicted octanol–water partition coefficient (Wildman–Crippen LogP) is 4.92. The van der Waals surface area contributed by atoms with Crippen molar-refractivity contribution in [2.45, 2.75) is 31.6 Å². The average Bonchev–Trinajstić information content (AvgIpc) is 3.23. The second-order valence-electron chi connectivity index (χ2n) is 8.17. The van der Waals surface area contributed by atoms with Crippen molar-refractivity contribution >= 4 is 33.1 Å². The van der Waals surface area contributed by atoms with Gasteiger partial charge in [0.05, 0.1) is 15.2 Å². The summed E-state index contributed by atoms with van der Waals surface area (Å²) in [7, 11) is 0. The molecule has 29 heavy (non-hydrogen) atoms. The van der Waals surface area contributed by atoms with Crippen molar-refractivity contribution in [3.63, 3.8) is 0 Å². The van der Waals surface area contributed by atoms with Crippen LogP contribution in [0.3, 0.4) is 0 Å². The topological polar surface area (TPSA) is 36.4 Å². The maximum Gasteiger partial charge on any atom is 0.226 e. The van der Waals surface area contributed by atoms with Gasteiger partial charge in [0.25, 0.3) is 0 Å². The lowest BCUT2D eigenvalue weighted by Crippen LogP contribution is -2.51. The van der Waals surface area contributed by atoms with Gasteiger partial charge in [-0.05, 0) is 37.1 Å². The lowest BCUT2D eigenvalue weighted by molar-refractivity contribution is -0.137. The molecule has 0 bridgehead atoms. The Kier molecular flexibility index (Phi) is 5.23. The summed E-state index contributed by atoms with van der Waals surface area (Å²) in [6, 6.07) is 18.9. The smallest absolute Gasteiger partial charge is 0.226 e. The van der Waals surface area contributed by atoms with Crippen molar-refractivity contribution in [3.8, 4) is 0 Å². The third kappa shape index (κ3) is 3.76. The molecule has 2 heterocycles. The lowest BCUT2D eigenvalue weighted by atomic mass is 9.78. The average molecular weight is 406 g/mol. The second kappa shape index (κ2) is 8.15. The van der Waals surface area contributed by atoms with E-state index < -0.39 is 0 Å². The first-order chi connectivity index (χ1) is 14.3. The molecule has 0 radical (unpaired) electrons. The number of fused-ring (bicyclic) bond motifs is 1. The fourth-order valence-corrected chi connectivity index (χ4v) is 6.00. The molecule has 2 aromatic carbocycles. The van der Waals surface area contributed by atoms with Crippen LogP contribution in [0.15, 0.2) is 54.6 Å². The number of aromatic nitrogens is 1. The van der Waals surface area contributed by atoms with E-state index in [9.17, 15) is 4.79 Å². The Labute approximate surface area is 176 Å². The molecule has 1 saturated heterocycles. The fourth-order valence-electron chi connectivity index (χ4n) is 4.83. The zero-order valence-electron chi connectivity index (χ0n) is 16.7. The second-order valence-corrected chi connectivity index (χ2v) is 9.23. The zero-order valence-corrected chi connectivity index (χ0v) is 17.5. The van der Waals surface area contributed by atoms with Gasteiger partial charge in [0, 0.05) is 43.7 Å². The Balaban J connectivity index is 1.30. The molecule has 4 nitrogen and oxygen atoms in total. The van der Waals surface area contributed by atoms with Crippen LogP contribution in [0.4, 0.5) is 5.69 Å². The quantitative estimate of drug-likeness (QED) is 0.621. The minimum atomic E-state index is 0.0904. The molecule has 2 fully saturated rings. The van der Waals surface area contributed by atoms with Crippen LogP contribution in [-0.4, -0.2) is 42.0 Å². The molecule has 1 amide bonds. The van der Waals surface area contributed by atoms with Gasteiger partial charge in [-0.25, -0.2) is 4.98 Å². The standard InChI is InChI=1S/C24H27N3OS/c28-24(27-16-14-26(15-17-27)18-8-2-1-3-9-18)20-11-5-4-10-19(20)23-25-21-12-6-7-13-22(21)29-23/h1-3,6-9,12-13,19-20H,4-5,10-11,14-17H2. The third-order valence-electron chi connectivity index (χ3n) is 6.42. The number of carbonyl (C=O) groups is 1. The molecular formula is C24H27N3OS. The number of benzene rings is 2. The fraction of sp³-hybridized carbons (Fsp3) is 0.417. The minimum Gasteiger partial charge on any atom is -0.368 e. The van der Waals surface area contributed by atoms with Crippen LogP contribution >= 0.6 is 11.3 Å². The molecule has 1 saturated carbocycles. The minimum absolute atomic E-state index is 0.0904. The number of thiazole rings is 1. The van der Waals surface area contributed by atoms with Crippen LogP contribution in [0.5, 0.6) is 0 Å². The van der Waals surface area contributed by atoms with Crippen LogP contribution in [0.2, 0.25) is 0 Å². The molecule has 2 atom stereocenters. The van der Waals surface area contributed by atoms with Crippen LogP contribution in [0.1, 0.15) is 36.6 Å². The Bertz CT molecular complexity index is 945. The third-order valence-corrected chi connectivity index (χ3v) is 7.59. The molecule has 0 spiro atoms. The van der Waals surface area contributed by atoms with E-state index in [-0.39, 0.29) is 11.8 Å². The molecule has 5 rings (SSSR count). The zero-order chi connectivity index (χ0) is 19.6. The van der Waals surface area contributed by atoms with Crippen LogP contribution in [0.25, 0.3) is 10.2 Å². The van der Waals surface area contributed by atoms with Crippen LogP contribution in [0, 0.1) is 5.92 Å². The maximum absolute atomic E-state index is 13.5. The largest absolute Gasteiger partial charge is 0.368 e. The molecule has 1 aliphatic carbocycles. The van der Waals surface area contributed by atoms with Gasteiger partial charge in [-0.15, -0.1) is 11.3 Å². The molecule has 2 aliphatic rings. The van der Waals surface area contributed by atoms with Gasteiger partial charge in [0.1, 0.15) is 0 Å². The normalized spacial score (nSPS) is 22.8. The van der Waals surface area contributed by atoms with E-state index >= 15 is 0 Å². The van der Waals surface area contributed by atoms with Crippen LogP contribution < -0.4 is 4.90 Å².